The Morgan fingerprint density at radius 1 is 1.06 bits per heavy atom. The maximum atomic E-state index is 11.8. The van der Waals surface area contributed by atoms with E-state index in [1.54, 1.807) is 7.05 Å². The Labute approximate surface area is 112 Å². The standard InChI is InChI=1S/C11H28N4O2S/c1-5-12-8-7-10-15(4)18(16,17)13-9-11-14(3)6-2/h12-13H,5-11H2,1-4H3. The number of rotatable bonds is 11. The van der Waals surface area contributed by atoms with Gasteiger partial charge in [-0.15, -0.1) is 0 Å². The van der Waals surface area contributed by atoms with E-state index in [-0.39, 0.29) is 0 Å². The molecule has 0 heterocycles. The molecule has 0 bridgehead atoms. The minimum absolute atomic E-state index is 0.449. The van der Waals surface area contributed by atoms with Crippen molar-refractivity contribution in [3.05, 3.63) is 0 Å². The summed E-state index contributed by atoms with van der Waals surface area (Å²) in [6, 6.07) is 0. The van der Waals surface area contributed by atoms with E-state index >= 15 is 0 Å². The van der Waals surface area contributed by atoms with Gasteiger partial charge in [-0.25, -0.2) is 4.72 Å². The van der Waals surface area contributed by atoms with Crippen LogP contribution in [0.3, 0.4) is 0 Å². The first-order valence-corrected chi connectivity index (χ1v) is 7.98. The molecule has 0 aromatic heterocycles. The molecule has 2 N–H and O–H groups in total. The highest BCUT2D eigenvalue weighted by molar-refractivity contribution is 7.87. The molecule has 0 aromatic carbocycles. The zero-order valence-corrected chi connectivity index (χ0v) is 12.9. The molecule has 0 radical (unpaired) electrons. The third-order valence-electron chi connectivity index (χ3n) is 2.80. The molecular formula is C11H28N4O2S. The Kier molecular flexibility index (Phi) is 9.57. The fourth-order valence-corrected chi connectivity index (χ4v) is 2.30. The molecule has 0 saturated heterocycles. The van der Waals surface area contributed by atoms with Crippen LogP contribution in [0.5, 0.6) is 0 Å². The van der Waals surface area contributed by atoms with Crippen molar-refractivity contribution in [2.24, 2.45) is 0 Å². The van der Waals surface area contributed by atoms with Crippen LogP contribution in [0.25, 0.3) is 0 Å². The van der Waals surface area contributed by atoms with Gasteiger partial charge in [0.25, 0.3) is 10.2 Å². The summed E-state index contributed by atoms with van der Waals surface area (Å²) in [5.41, 5.74) is 0. The molecule has 0 spiro atoms. The molecule has 6 nitrogen and oxygen atoms in total. The topological polar surface area (TPSA) is 64.7 Å². The minimum Gasteiger partial charge on any atom is -0.317 e. The Balaban J connectivity index is 3.89. The van der Waals surface area contributed by atoms with Gasteiger partial charge in [-0.3, -0.25) is 0 Å². The van der Waals surface area contributed by atoms with Gasteiger partial charge in [0.1, 0.15) is 0 Å². The maximum absolute atomic E-state index is 11.8. The molecule has 0 aliphatic heterocycles. The maximum Gasteiger partial charge on any atom is 0.279 e. The lowest BCUT2D eigenvalue weighted by molar-refractivity contribution is 0.355. The summed E-state index contributed by atoms with van der Waals surface area (Å²) in [7, 11) is 0.253. The normalized spacial score (nSPS) is 12.6. The first kappa shape index (κ1) is 17.8. The van der Waals surface area contributed by atoms with Crippen LogP contribution in [0.2, 0.25) is 0 Å². The zero-order valence-electron chi connectivity index (χ0n) is 12.1. The second-order valence-corrected chi connectivity index (χ2v) is 6.19. The highest BCUT2D eigenvalue weighted by Gasteiger charge is 2.16. The van der Waals surface area contributed by atoms with E-state index in [0.717, 1.165) is 32.6 Å². The molecule has 0 aliphatic carbocycles. The van der Waals surface area contributed by atoms with Crippen molar-refractivity contribution in [2.75, 3.05) is 53.4 Å². The molecule has 7 heteroatoms. The monoisotopic (exact) mass is 280 g/mol. The van der Waals surface area contributed by atoms with Crippen molar-refractivity contribution in [3.8, 4) is 0 Å². The number of likely N-dealkylation sites (N-methyl/N-ethyl adjacent to an activating group) is 1. The Morgan fingerprint density at radius 3 is 2.28 bits per heavy atom. The van der Waals surface area contributed by atoms with E-state index in [2.05, 4.69) is 14.9 Å². The van der Waals surface area contributed by atoms with Crippen LogP contribution in [0, 0.1) is 0 Å². The summed E-state index contributed by atoms with van der Waals surface area (Å²) in [4.78, 5) is 2.06. The highest BCUT2D eigenvalue weighted by Crippen LogP contribution is 1.95. The molecule has 0 aromatic rings. The summed E-state index contributed by atoms with van der Waals surface area (Å²) in [6.45, 7) is 8.46. The lowest BCUT2D eigenvalue weighted by Crippen LogP contribution is -2.42. The summed E-state index contributed by atoms with van der Waals surface area (Å²) in [5.74, 6) is 0. The van der Waals surface area contributed by atoms with Gasteiger partial charge >= 0.3 is 0 Å². The highest BCUT2D eigenvalue weighted by atomic mass is 32.2. The van der Waals surface area contributed by atoms with Crippen molar-refractivity contribution < 1.29 is 8.42 Å². The molecule has 18 heavy (non-hydrogen) atoms. The molecular weight excluding hydrogens is 252 g/mol. The van der Waals surface area contributed by atoms with Crippen molar-refractivity contribution in [1.29, 1.82) is 0 Å². The van der Waals surface area contributed by atoms with E-state index in [1.165, 1.54) is 4.31 Å². The summed E-state index contributed by atoms with van der Waals surface area (Å²) < 4.78 is 27.7. The number of hydrogen-bond acceptors (Lipinski definition) is 4. The number of nitrogens with one attached hydrogen (secondary N) is 2. The molecule has 0 aliphatic rings. The zero-order chi connectivity index (χ0) is 14.0. The molecule has 0 atom stereocenters. The molecule has 0 saturated carbocycles. The van der Waals surface area contributed by atoms with E-state index < -0.39 is 10.2 Å². The molecule has 0 rings (SSSR count). The minimum atomic E-state index is -3.32. The Morgan fingerprint density at radius 2 is 1.72 bits per heavy atom. The quantitative estimate of drug-likeness (QED) is 0.510. The van der Waals surface area contributed by atoms with Crippen molar-refractivity contribution >= 4 is 10.2 Å². The van der Waals surface area contributed by atoms with Gasteiger partial charge in [0, 0.05) is 26.7 Å². The van der Waals surface area contributed by atoms with E-state index in [0.29, 0.717) is 13.1 Å². The van der Waals surface area contributed by atoms with E-state index in [4.69, 9.17) is 0 Å². The van der Waals surface area contributed by atoms with Gasteiger partial charge in [0.05, 0.1) is 0 Å². The second-order valence-electron chi connectivity index (χ2n) is 4.32. The fourth-order valence-electron chi connectivity index (χ4n) is 1.36. The number of hydrogen-bond donors (Lipinski definition) is 2. The lowest BCUT2D eigenvalue weighted by atomic mass is 10.4. The van der Waals surface area contributed by atoms with Crippen LogP contribution in [-0.4, -0.2) is 71.0 Å². The van der Waals surface area contributed by atoms with Gasteiger partial charge in [0.2, 0.25) is 0 Å². The average molecular weight is 280 g/mol. The first-order valence-electron chi connectivity index (χ1n) is 6.54. The largest absolute Gasteiger partial charge is 0.317 e. The molecule has 110 valence electrons. The van der Waals surface area contributed by atoms with Crippen LogP contribution >= 0.6 is 0 Å². The van der Waals surface area contributed by atoms with Gasteiger partial charge in [0.15, 0.2) is 0 Å². The summed E-state index contributed by atoms with van der Waals surface area (Å²) in [6.07, 6.45) is 0.820. The molecule has 0 amide bonds. The summed E-state index contributed by atoms with van der Waals surface area (Å²) in [5, 5.41) is 3.17. The van der Waals surface area contributed by atoms with Gasteiger partial charge < -0.3 is 10.2 Å². The van der Waals surface area contributed by atoms with Crippen molar-refractivity contribution in [2.45, 2.75) is 20.3 Å². The second kappa shape index (κ2) is 9.69. The third kappa shape index (κ3) is 7.99. The van der Waals surface area contributed by atoms with Gasteiger partial charge in [-0.05, 0) is 33.1 Å². The first-order chi connectivity index (χ1) is 8.44. The van der Waals surface area contributed by atoms with Crippen molar-refractivity contribution in [3.63, 3.8) is 0 Å². The summed E-state index contributed by atoms with van der Waals surface area (Å²) >= 11 is 0. The molecule has 0 unspecified atom stereocenters. The van der Waals surface area contributed by atoms with E-state index in [9.17, 15) is 8.42 Å². The predicted octanol–water partition coefficient (Wildman–Crippen LogP) is -0.296. The lowest BCUT2D eigenvalue weighted by Gasteiger charge is -2.19. The Bertz CT molecular complexity index is 295. The van der Waals surface area contributed by atoms with Gasteiger partial charge in [-0.1, -0.05) is 13.8 Å². The van der Waals surface area contributed by atoms with Crippen LogP contribution in [0.1, 0.15) is 20.3 Å². The third-order valence-corrected chi connectivity index (χ3v) is 4.38. The number of nitrogens with zero attached hydrogens (tertiary/aromatic N) is 2. The SMILES string of the molecule is CCNCCCN(C)S(=O)(=O)NCCN(C)CC. The van der Waals surface area contributed by atoms with Gasteiger partial charge in [-0.2, -0.15) is 12.7 Å². The predicted molar refractivity (Wildman–Crippen MR) is 75.9 cm³/mol. The van der Waals surface area contributed by atoms with Crippen LogP contribution in [0.4, 0.5) is 0 Å². The average Bonchev–Trinajstić information content (AvgIpc) is 2.33. The van der Waals surface area contributed by atoms with Crippen LogP contribution in [-0.2, 0) is 10.2 Å². The Hall–Kier alpha value is -0.210. The smallest absolute Gasteiger partial charge is 0.279 e. The fraction of sp³-hybridized carbons (Fsp3) is 1.00. The van der Waals surface area contributed by atoms with Crippen LogP contribution in [0.15, 0.2) is 0 Å². The van der Waals surface area contributed by atoms with E-state index in [1.807, 2.05) is 20.9 Å². The van der Waals surface area contributed by atoms with Crippen LogP contribution < -0.4 is 10.0 Å². The van der Waals surface area contributed by atoms with Crippen molar-refractivity contribution in [1.82, 2.24) is 19.2 Å². The molecule has 0 fully saturated rings.